The van der Waals surface area contributed by atoms with Crippen molar-refractivity contribution >= 4 is 33.2 Å². The van der Waals surface area contributed by atoms with E-state index >= 15 is 0 Å². The van der Waals surface area contributed by atoms with Crippen molar-refractivity contribution in [3.8, 4) is 0 Å². The van der Waals surface area contributed by atoms with Crippen LogP contribution in [0, 0.1) is 20.8 Å². The highest BCUT2D eigenvalue weighted by Crippen LogP contribution is 2.22. The summed E-state index contributed by atoms with van der Waals surface area (Å²) in [4.78, 5) is 23.9. The molecule has 0 aliphatic rings. The van der Waals surface area contributed by atoms with Crippen LogP contribution in [0.2, 0.25) is 0 Å². The largest absolute Gasteiger partial charge is 0.374 e. The number of amides is 1. The van der Waals surface area contributed by atoms with Crippen molar-refractivity contribution in [1.82, 2.24) is 9.78 Å². The molecule has 7 heteroatoms. The van der Waals surface area contributed by atoms with Gasteiger partial charge in [0.2, 0.25) is 5.91 Å². The second kappa shape index (κ2) is 6.95. The predicted molar refractivity (Wildman–Crippen MR) is 95.0 cm³/mol. The van der Waals surface area contributed by atoms with Crippen LogP contribution in [0.4, 0.5) is 11.4 Å². The van der Waals surface area contributed by atoms with Gasteiger partial charge < -0.3 is 10.6 Å². The Morgan fingerprint density at radius 3 is 2.48 bits per heavy atom. The van der Waals surface area contributed by atoms with Crippen molar-refractivity contribution in [2.24, 2.45) is 7.05 Å². The van der Waals surface area contributed by atoms with Crippen LogP contribution in [0.15, 0.2) is 27.6 Å². The summed E-state index contributed by atoms with van der Waals surface area (Å²) in [5.74, 6) is -0.187. The van der Waals surface area contributed by atoms with Crippen LogP contribution in [-0.2, 0) is 11.8 Å². The first-order valence-corrected chi connectivity index (χ1v) is 7.92. The van der Waals surface area contributed by atoms with E-state index in [9.17, 15) is 9.59 Å². The van der Waals surface area contributed by atoms with Crippen LogP contribution in [0.1, 0.15) is 16.7 Å². The van der Waals surface area contributed by atoms with Gasteiger partial charge in [0, 0.05) is 12.7 Å². The summed E-state index contributed by atoms with van der Waals surface area (Å²) >= 11 is 3.21. The maximum Gasteiger partial charge on any atom is 0.282 e. The molecule has 0 aliphatic heterocycles. The van der Waals surface area contributed by atoms with Crippen LogP contribution in [0.5, 0.6) is 0 Å². The van der Waals surface area contributed by atoms with Crippen molar-refractivity contribution < 1.29 is 4.79 Å². The van der Waals surface area contributed by atoms with Gasteiger partial charge >= 0.3 is 0 Å². The van der Waals surface area contributed by atoms with Gasteiger partial charge in [0.1, 0.15) is 4.47 Å². The van der Waals surface area contributed by atoms with Crippen LogP contribution in [0.25, 0.3) is 0 Å². The third-order valence-corrected chi connectivity index (χ3v) is 4.23. The van der Waals surface area contributed by atoms with Gasteiger partial charge in [0.05, 0.1) is 18.4 Å². The molecule has 0 atom stereocenters. The summed E-state index contributed by atoms with van der Waals surface area (Å²) in [5.41, 5.74) is 4.25. The van der Waals surface area contributed by atoms with E-state index in [0.717, 1.165) is 22.4 Å². The zero-order valence-corrected chi connectivity index (χ0v) is 15.1. The van der Waals surface area contributed by atoms with Crippen molar-refractivity contribution in [3.05, 3.63) is 49.8 Å². The topological polar surface area (TPSA) is 76.0 Å². The molecule has 2 aromatic rings. The van der Waals surface area contributed by atoms with Crippen molar-refractivity contribution in [2.75, 3.05) is 17.2 Å². The minimum absolute atomic E-state index is 0.0419. The molecule has 2 N–H and O–H groups in total. The predicted octanol–water partition coefficient (Wildman–Crippen LogP) is 2.52. The SMILES string of the molecule is Cc1cc(C)c(NC(=O)CNc2cnn(C)c(=O)c2Br)c(C)c1. The Morgan fingerprint density at radius 1 is 1.26 bits per heavy atom. The molecule has 0 saturated carbocycles. The fourth-order valence-corrected chi connectivity index (χ4v) is 2.87. The second-order valence-electron chi connectivity index (χ2n) is 5.48. The number of nitrogens with zero attached hydrogens (tertiary/aromatic N) is 2. The number of carbonyl (C=O) groups is 1. The summed E-state index contributed by atoms with van der Waals surface area (Å²) in [6, 6.07) is 4.05. The molecule has 6 nitrogen and oxygen atoms in total. The molecule has 0 radical (unpaired) electrons. The Bertz CT molecular complexity index is 791. The minimum atomic E-state index is -0.263. The molecule has 1 heterocycles. The van der Waals surface area contributed by atoms with Gasteiger partial charge in [-0.2, -0.15) is 5.10 Å². The molecule has 1 aromatic carbocycles. The van der Waals surface area contributed by atoms with Gasteiger partial charge in [0.15, 0.2) is 0 Å². The van der Waals surface area contributed by atoms with Gasteiger partial charge in [-0.25, -0.2) is 4.68 Å². The number of carbonyl (C=O) groups excluding carboxylic acids is 1. The number of hydrogen-bond acceptors (Lipinski definition) is 4. The molecule has 23 heavy (non-hydrogen) atoms. The molecule has 1 aromatic heterocycles. The van der Waals surface area contributed by atoms with E-state index in [2.05, 4.69) is 31.7 Å². The van der Waals surface area contributed by atoms with Crippen molar-refractivity contribution in [3.63, 3.8) is 0 Å². The van der Waals surface area contributed by atoms with E-state index in [1.165, 1.54) is 10.9 Å². The van der Waals surface area contributed by atoms with Gasteiger partial charge in [-0.05, 0) is 47.8 Å². The highest BCUT2D eigenvalue weighted by atomic mass is 79.9. The minimum Gasteiger partial charge on any atom is -0.374 e. The quantitative estimate of drug-likeness (QED) is 0.856. The lowest BCUT2D eigenvalue weighted by Gasteiger charge is -2.14. The van der Waals surface area contributed by atoms with Crippen molar-refractivity contribution in [1.29, 1.82) is 0 Å². The number of aryl methyl sites for hydroxylation is 4. The summed E-state index contributed by atoms with van der Waals surface area (Å²) in [5, 5.41) is 9.74. The van der Waals surface area contributed by atoms with Gasteiger partial charge in [-0.15, -0.1) is 0 Å². The fourth-order valence-electron chi connectivity index (χ4n) is 2.37. The molecule has 0 aliphatic carbocycles. The molecular formula is C16H19BrN4O2. The van der Waals surface area contributed by atoms with Crippen LogP contribution in [-0.4, -0.2) is 22.2 Å². The van der Waals surface area contributed by atoms with E-state index in [0.29, 0.717) is 10.2 Å². The highest BCUT2D eigenvalue weighted by molar-refractivity contribution is 9.10. The molecule has 0 saturated heterocycles. The summed E-state index contributed by atoms with van der Waals surface area (Å²) < 4.78 is 1.57. The summed E-state index contributed by atoms with van der Waals surface area (Å²) in [7, 11) is 1.56. The lowest BCUT2D eigenvalue weighted by molar-refractivity contribution is -0.114. The Labute approximate surface area is 143 Å². The first-order chi connectivity index (χ1) is 10.8. The van der Waals surface area contributed by atoms with E-state index < -0.39 is 0 Å². The monoisotopic (exact) mass is 378 g/mol. The molecule has 2 rings (SSSR count). The fraction of sp³-hybridized carbons (Fsp3) is 0.312. The van der Waals surface area contributed by atoms with E-state index in [1.807, 2.05) is 32.9 Å². The average molecular weight is 379 g/mol. The smallest absolute Gasteiger partial charge is 0.282 e. The van der Waals surface area contributed by atoms with Crippen LogP contribution in [0.3, 0.4) is 0 Å². The maximum atomic E-state index is 12.1. The summed E-state index contributed by atoms with van der Waals surface area (Å²) in [6.07, 6.45) is 1.50. The molecule has 0 unspecified atom stereocenters. The molecule has 122 valence electrons. The molecule has 1 amide bonds. The van der Waals surface area contributed by atoms with E-state index in [-0.39, 0.29) is 18.0 Å². The van der Waals surface area contributed by atoms with Gasteiger partial charge in [-0.1, -0.05) is 17.7 Å². The van der Waals surface area contributed by atoms with Crippen molar-refractivity contribution in [2.45, 2.75) is 20.8 Å². The highest BCUT2D eigenvalue weighted by Gasteiger charge is 2.11. The number of rotatable bonds is 4. The number of nitrogens with one attached hydrogen (secondary N) is 2. The summed E-state index contributed by atoms with van der Waals surface area (Å²) in [6.45, 7) is 5.99. The standard InChI is InChI=1S/C16H19BrN4O2/c1-9-5-10(2)15(11(3)6-9)20-13(22)8-18-12-7-19-21(4)16(23)14(12)17/h5-7,18H,8H2,1-4H3,(H,20,22). The average Bonchev–Trinajstić information content (AvgIpc) is 2.48. The normalized spacial score (nSPS) is 10.5. The van der Waals surface area contributed by atoms with Crippen LogP contribution < -0.4 is 16.2 Å². The zero-order chi connectivity index (χ0) is 17.1. The molecule has 0 fully saturated rings. The molecular weight excluding hydrogens is 360 g/mol. The molecule has 0 spiro atoms. The zero-order valence-electron chi connectivity index (χ0n) is 13.5. The number of hydrogen-bond donors (Lipinski definition) is 2. The Morgan fingerprint density at radius 2 is 1.87 bits per heavy atom. The first kappa shape index (κ1) is 17.2. The third kappa shape index (κ3) is 3.98. The Balaban J connectivity index is 2.07. The van der Waals surface area contributed by atoms with E-state index in [1.54, 1.807) is 7.05 Å². The third-order valence-electron chi connectivity index (χ3n) is 3.46. The number of aromatic nitrogens is 2. The molecule has 0 bridgehead atoms. The number of benzene rings is 1. The number of halogens is 1. The second-order valence-corrected chi connectivity index (χ2v) is 6.27. The van der Waals surface area contributed by atoms with Crippen LogP contribution >= 0.6 is 15.9 Å². The van der Waals surface area contributed by atoms with Gasteiger partial charge in [-0.3, -0.25) is 9.59 Å². The van der Waals surface area contributed by atoms with E-state index in [4.69, 9.17) is 0 Å². The Hall–Kier alpha value is -2.15. The first-order valence-electron chi connectivity index (χ1n) is 7.13. The lowest BCUT2D eigenvalue weighted by atomic mass is 10.1. The Kier molecular flexibility index (Phi) is 5.20. The number of anilines is 2. The maximum absolute atomic E-state index is 12.1. The lowest BCUT2D eigenvalue weighted by Crippen LogP contribution is -2.25. The van der Waals surface area contributed by atoms with Gasteiger partial charge in [0.25, 0.3) is 5.56 Å².